The summed E-state index contributed by atoms with van der Waals surface area (Å²) in [7, 11) is 0. The average molecular weight is 199 g/mol. The Morgan fingerprint density at radius 2 is 1.73 bits per heavy atom. The van der Waals surface area contributed by atoms with Crippen molar-refractivity contribution in [1.82, 2.24) is 0 Å². The zero-order chi connectivity index (χ0) is 11.5. The van der Waals surface area contributed by atoms with Gasteiger partial charge < -0.3 is 0 Å². The highest BCUT2D eigenvalue weighted by atomic mass is 14.2. The summed E-state index contributed by atoms with van der Waals surface area (Å²) in [6.45, 7) is 8.44. The van der Waals surface area contributed by atoms with Crippen molar-refractivity contribution in [2.45, 2.75) is 33.1 Å². The molecule has 1 rings (SSSR count). The SMILES string of the molecule is C/C=C(\C#N)c1ccc(C(C)(C)C)cc1. The van der Waals surface area contributed by atoms with E-state index in [0.29, 0.717) is 0 Å². The summed E-state index contributed by atoms with van der Waals surface area (Å²) in [4.78, 5) is 0. The van der Waals surface area contributed by atoms with Gasteiger partial charge in [-0.2, -0.15) is 5.26 Å². The van der Waals surface area contributed by atoms with Crippen LogP contribution in [0.15, 0.2) is 30.3 Å². The molecule has 0 unspecified atom stereocenters. The Morgan fingerprint density at radius 3 is 2.07 bits per heavy atom. The molecule has 0 N–H and O–H groups in total. The van der Waals surface area contributed by atoms with Gasteiger partial charge in [-0.05, 0) is 23.5 Å². The van der Waals surface area contributed by atoms with Gasteiger partial charge in [0.15, 0.2) is 0 Å². The van der Waals surface area contributed by atoms with E-state index in [1.54, 1.807) is 0 Å². The van der Waals surface area contributed by atoms with Gasteiger partial charge in [0.2, 0.25) is 0 Å². The minimum Gasteiger partial charge on any atom is -0.192 e. The number of nitrogens with zero attached hydrogens (tertiary/aromatic N) is 1. The van der Waals surface area contributed by atoms with Crippen LogP contribution in [0.3, 0.4) is 0 Å². The first-order chi connectivity index (χ1) is 6.99. The van der Waals surface area contributed by atoms with Crippen LogP contribution in [-0.2, 0) is 5.41 Å². The maximum Gasteiger partial charge on any atom is 0.0994 e. The van der Waals surface area contributed by atoms with E-state index in [4.69, 9.17) is 5.26 Å². The van der Waals surface area contributed by atoms with E-state index in [2.05, 4.69) is 39.0 Å². The normalized spacial score (nSPS) is 12.3. The Balaban J connectivity index is 3.07. The maximum atomic E-state index is 8.89. The van der Waals surface area contributed by atoms with E-state index < -0.39 is 0 Å². The second-order valence-electron chi connectivity index (χ2n) is 4.64. The van der Waals surface area contributed by atoms with Gasteiger partial charge in [-0.1, -0.05) is 51.1 Å². The van der Waals surface area contributed by atoms with Crippen LogP contribution in [0.4, 0.5) is 0 Å². The fourth-order valence-corrected chi connectivity index (χ4v) is 1.45. The van der Waals surface area contributed by atoms with Crippen molar-refractivity contribution in [3.05, 3.63) is 41.5 Å². The van der Waals surface area contributed by atoms with Gasteiger partial charge in [0.25, 0.3) is 0 Å². The third-order valence-electron chi connectivity index (χ3n) is 2.47. The first kappa shape index (κ1) is 11.5. The number of benzene rings is 1. The van der Waals surface area contributed by atoms with Crippen molar-refractivity contribution >= 4 is 5.57 Å². The Kier molecular flexibility index (Phi) is 3.31. The summed E-state index contributed by atoms with van der Waals surface area (Å²) >= 11 is 0. The van der Waals surface area contributed by atoms with Gasteiger partial charge in [-0.3, -0.25) is 0 Å². The van der Waals surface area contributed by atoms with E-state index >= 15 is 0 Å². The summed E-state index contributed by atoms with van der Waals surface area (Å²) in [5.41, 5.74) is 3.18. The van der Waals surface area contributed by atoms with Gasteiger partial charge in [0.1, 0.15) is 0 Å². The van der Waals surface area contributed by atoms with Crippen LogP contribution < -0.4 is 0 Å². The summed E-state index contributed by atoms with van der Waals surface area (Å²) < 4.78 is 0. The fourth-order valence-electron chi connectivity index (χ4n) is 1.45. The molecular weight excluding hydrogens is 182 g/mol. The van der Waals surface area contributed by atoms with Gasteiger partial charge >= 0.3 is 0 Å². The average Bonchev–Trinajstić information content (AvgIpc) is 2.19. The molecule has 1 nitrogen and oxygen atoms in total. The van der Waals surface area contributed by atoms with Crippen LogP contribution in [0.2, 0.25) is 0 Å². The molecule has 1 aromatic carbocycles. The number of allylic oxidation sites excluding steroid dienone is 2. The topological polar surface area (TPSA) is 23.8 Å². The van der Waals surface area contributed by atoms with Crippen LogP contribution in [0.1, 0.15) is 38.8 Å². The predicted molar refractivity (Wildman–Crippen MR) is 64.4 cm³/mol. The van der Waals surface area contributed by atoms with Gasteiger partial charge in [-0.15, -0.1) is 0 Å². The van der Waals surface area contributed by atoms with Gasteiger partial charge in [0.05, 0.1) is 11.6 Å². The molecule has 0 spiro atoms. The number of hydrogen-bond acceptors (Lipinski definition) is 1. The molecule has 0 atom stereocenters. The van der Waals surface area contributed by atoms with Crippen LogP contribution in [0.25, 0.3) is 5.57 Å². The lowest BCUT2D eigenvalue weighted by atomic mass is 9.86. The van der Waals surface area contributed by atoms with E-state index in [1.165, 1.54) is 5.56 Å². The molecule has 0 saturated heterocycles. The van der Waals surface area contributed by atoms with Crippen molar-refractivity contribution < 1.29 is 0 Å². The summed E-state index contributed by atoms with van der Waals surface area (Å²) in [6.07, 6.45) is 1.84. The van der Waals surface area contributed by atoms with Crippen molar-refractivity contribution in [3.8, 4) is 6.07 Å². The molecule has 0 aliphatic rings. The minimum atomic E-state index is 0.168. The van der Waals surface area contributed by atoms with E-state index in [9.17, 15) is 0 Å². The van der Waals surface area contributed by atoms with Crippen molar-refractivity contribution in [2.24, 2.45) is 0 Å². The van der Waals surface area contributed by atoms with E-state index in [-0.39, 0.29) is 5.41 Å². The first-order valence-electron chi connectivity index (χ1n) is 5.16. The third kappa shape index (κ3) is 2.70. The molecule has 0 fully saturated rings. The zero-order valence-corrected chi connectivity index (χ0v) is 9.83. The van der Waals surface area contributed by atoms with Crippen molar-refractivity contribution in [3.63, 3.8) is 0 Å². The van der Waals surface area contributed by atoms with Gasteiger partial charge in [-0.25, -0.2) is 0 Å². The smallest absolute Gasteiger partial charge is 0.0994 e. The van der Waals surface area contributed by atoms with Gasteiger partial charge in [0, 0.05) is 0 Å². The fraction of sp³-hybridized carbons (Fsp3) is 0.357. The van der Waals surface area contributed by atoms with Crippen molar-refractivity contribution in [1.29, 1.82) is 5.26 Å². The minimum absolute atomic E-state index is 0.168. The Labute approximate surface area is 92.1 Å². The molecule has 1 heteroatoms. The lowest BCUT2D eigenvalue weighted by Crippen LogP contribution is -2.10. The van der Waals surface area contributed by atoms with Crippen LogP contribution >= 0.6 is 0 Å². The third-order valence-corrected chi connectivity index (χ3v) is 2.47. The summed E-state index contributed by atoms with van der Waals surface area (Å²) in [6, 6.07) is 10.4. The molecule has 0 aliphatic heterocycles. The molecule has 78 valence electrons. The highest BCUT2D eigenvalue weighted by Crippen LogP contribution is 2.23. The van der Waals surface area contributed by atoms with E-state index in [1.807, 2.05) is 25.1 Å². The first-order valence-corrected chi connectivity index (χ1v) is 5.16. The molecule has 15 heavy (non-hydrogen) atoms. The van der Waals surface area contributed by atoms with Crippen LogP contribution in [0.5, 0.6) is 0 Å². The van der Waals surface area contributed by atoms with Crippen LogP contribution in [-0.4, -0.2) is 0 Å². The lowest BCUT2D eigenvalue weighted by molar-refractivity contribution is 0.590. The molecule has 0 radical (unpaired) electrons. The number of rotatable bonds is 1. The highest BCUT2D eigenvalue weighted by Gasteiger charge is 2.13. The molecule has 0 saturated carbocycles. The van der Waals surface area contributed by atoms with E-state index in [0.717, 1.165) is 11.1 Å². The standard InChI is InChI=1S/C14H17N/c1-5-11(10-15)12-6-8-13(9-7-12)14(2,3)4/h5-9H,1-4H3/b11-5+. The Hall–Kier alpha value is -1.55. The predicted octanol–water partition coefficient (Wildman–Crippen LogP) is 3.91. The molecular formula is C14H17N. The van der Waals surface area contributed by atoms with Crippen molar-refractivity contribution in [2.75, 3.05) is 0 Å². The molecule has 0 aliphatic carbocycles. The lowest BCUT2D eigenvalue weighted by Gasteiger charge is -2.19. The molecule has 0 heterocycles. The summed E-state index contributed by atoms with van der Waals surface area (Å²) in [5.74, 6) is 0. The highest BCUT2D eigenvalue weighted by molar-refractivity contribution is 5.76. The Bertz CT molecular complexity index is 396. The monoisotopic (exact) mass is 199 g/mol. The number of nitriles is 1. The zero-order valence-electron chi connectivity index (χ0n) is 9.83. The quantitative estimate of drug-likeness (QED) is 0.629. The largest absolute Gasteiger partial charge is 0.192 e. The molecule has 1 aromatic rings. The molecule has 0 bridgehead atoms. The molecule has 0 amide bonds. The maximum absolute atomic E-state index is 8.89. The second kappa shape index (κ2) is 4.31. The summed E-state index contributed by atoms with van der Waals surface area (Å²) in [5, 5.41) is 8.89. The Morgan fingerprint density at radius 1 is 1.20 bits per heavy atom. The second-order valence-corrected chi connectivity index (χ2v) is 4.64. The van der Waals surface area contributed by atoms with Crippen LogP contribution in [0, 0.1) is 11.3 Å². The number of hydrogen-bond donors (Lipinski definition) is 0. The molecule has 0 aromatic heterocycles.